The van der Waals surface area contributed by atoms with Crippen molar-refractivity contribution in [3.8, 4) is 0 Å². The van der Waals surface area contributed by atoms with Gasteiger partial charge >= 0.3 is 11.9 Å². The Labute approximate surface area is 135 Å². The van der Waals surface area contributed by atoms with E-state index in [0.717, 1.165) is 25.1 Å². The summed E-state index contributed by atoms with van der Waals surface area (Å²) in [6.45, 7) is 8.61. The third-order valence-corrected chi connectivity index (χ3v) is 5.26. The lowest BCUT2D eigenvalue weighted by Gasteiger charge is -2.31. The summed E-state index contributed by atoms with van der Waals surface area (Å²) in [6.07, 6.45) is 2.73. The van der Waals surface area contributed by atoms with Crippen molar-refractivity contribution in [1.82, 2.24) is 4.90 Å². The van der Waals surface area contributed by atoms with Crippen LogP contribution in [0, 0.1) is 5.92 Å². The molecule has 4 unspecified atom stereocenters. The highest BCUT2D eigenvalue weighted by Crippen LogP contribution is 2.33. The van der Waals surface area contributed by atoms with Crippen molar-refractivity contribution in [2.75, 3.05) is 19.7 Å². The van der Waals surface area contributed by atoms with Crippen molar-refractivity contribution in [2.45, 2.75) is 44.4 Å². The van der Waals surface area contributed by atoms with Crippen molar-refractivity contribution >= 4 is 11.9 Å². The normalized spacial score (nSPS) is 39.0. The Hall–Kier alpha value is -1.66. The molecule has 0 saturated carbocycles. The number of carbonyl (C=O) groups is 2. The molecule has 4 atom stereocenters. The highest BCUT2D eigenvalue weighted by molar-refractivity contribution is 5.88. The maximum Gasteiger partial charge on any atom is 0.338 e. The van der Waals surface area contributed by atoms with Crippen molar-refractivity contribution in [3.63, 3.8) is 0 Å². The molecule has 2 fully saturated rings. The largest absolute Gasteiger partial charge is 0.459 e. The van der Waals surface area contributed by atoms with Gasteiger partial charge in [0, 0.05) is 18.7 Å². The number of ether oxygens (including phenoxy) is 2. The standard InChI is InChI=1S/C17H23NO5/c1-10-8-11(2)17(3,21)16(20)22-9-12-4-6-18-7-5-13(14(12)18)23-15(10)19/h4,11,13-14,21H,1,5-9H2,2-3H3. The molecule has 3 aliphatic rings. The minimum Gasteiger partial charge on any atom is -0.459 e. The molecule has 0 spiro atoms. The predicted molar refractivity (Wildman–Crippen MR) is 82.4 cm³/mol. The number of esters is 2. The number of hydrogen-bond donors (Lipinski definition) is 1. The van der Waals surface area contributed by atoms with Gasteiger partial charge in [0.25, 0.3) is 0 Å². The molecule has 23 heavy (non-hydrogen) atoms. The number of carbonyl (C=O) groups excluding carboxylic acids is 2. The van der Waals surface area contributed by atoms with Crippen LogP contribution in [-0.4, -0.2) is 59.4 Å². The highest BCUT2D eigenvalue weighted by atomic mass is 16.6. The average molecular weight is 321 g/mol. The maximum atomic E-state index is 12.3. The van der Waals surface area contributed by atoms with Gasteiger partial charge < -0.3 is 14.6 Å². The summed E-state index contributed by atoms with van der Waals surface area (Å²) in [7, 11) is 0. The number of rotatable bonds is 0. The maximum absolute atomic E-state index is 12.3. The fourth-order valence-corrected chi connectivity index (χ4v) is 3.49. The summed E-state index contributed by atoms with van der Waals surface area (Å²) in [5.41, 5.74) is -0.465. The zero-order valence-electron chi connectivity index (χ0n) is 13.6. The smallest absolute Gasteiger partial charge is 0.338 e. The molecule has 0 radical (unpaired) electrons. The van der Waals surface area contributed by atoms with Gasteiger partial charge in [0.2, 0.25) is 0 Å². The van der Waals surface area contributed by atoms with E-state index >= 15 is 0 Å². The molecule has 0 amide bonds. The van der Waals surface area contributed by atoms with E-state index in [9.17, 15) is 14.7 Å². The molecule has 0 aromatic rings. The number of aliphatic hydroxyl groups is 1. The Bertz CT molecular complexity index is 580. The topological polar surface area (TPSA) is 76.1 Å². The monoisotopic (exact) mass is 321 g/mol. The van der Waals surface area contributed by atoms with Gasteiger partial charge in [-0.3, -0.25) is 4.90 Å². The van der Waals surface area contributed by atoms with E-state index in [0.29, 0.717) is 0 Å². The van der Waals surface area contributed by atoms with Crippen molar-refractivity contribution < 1.29 is 24.2 Å². The number of nitrogens with zero attached hydrogens (tertiary/aromatic N) is 1. The lowest BCUT2D eigenvalue weighted by atomic mass is 9.85. The number of hydrogen-bond acceptors (Lipinski definition) is 6. The molecule has 6 nitrogen and oxygen atoms in total. The molecule has 0 aromatic carbocycles. The Morgan fingerprint density at radius 3 is 2.91 bits per heavy atom. The zero-order chi connectivity index (χ0) is 16.8. The minimum absolute atomic E-state index is 0.0404. The van der Waals surface area contributed by atoms with Gasteiger partial charge in [-0.1, -0.05) is 19.6 Å². The second-order valence-corrected chi connectivity index (χ2v) is 6.88. The van der Waals surface area contributed by atoms with Crippen LogP contribution in [0.3, 0.4) is 0 Å². The van der Waals surface area contributed by atoms with Crippen LogP contribution in [0.1, 0.15) is 26.7 Å². The molecule has 0 aromatic heterocycles. The molecular formula is C17H23NO5. The molecule has 0 bridgehead atoms. The SMILES string of the molecule is C=C1CC(C)C(C)(O)C(=O)OCC2=CCN3CCC(OC1=O)C23. The highest BCUT2D eigenvalue weighted by Gasteiger charge is 2.44. The fraction of sp³-hybridized carbons (Fsp3) is 0.647. The second-order valence-electron chi connectivity index (χ2n) is 6.88. The Morgan fingerprint density at radius 2 is 2.17 bits per heavy atom. The molecule has 126 valence electrons. The van der Waals surface area contributed by atoms with E-state index < -0.39 is 23.5 Å². The van der Waals surface area contributed by atoms with Gasteiger partial charge in [0.05, 0.1) is 6.04 Å². The third kappa shape index (κ3) is 2.81. The van der Waals surface area contributed by atoms with Crippen molar-refractivity contribution in [3.05, 3.63) is 23.8 Å². The molecule has 2 saturated heterocycles. The van der Waals surface area contributed by atoms with Crippen LogP contribution in [0.15, 0.2) is 23.8 Å². The first-order valence-corrected chi connectivity index (χ1v) is 8.02. The van der Waals surface area contributed by atoms with Crippen LogP contribution in [0.5, 0.6) is 0 Å². The van der Waals surface area contributed by atoms with E-state index in [1.807, 2.05) is 6.08 Å². The van der Waals surface area contributed by atoms with Gasteiger partial charge in [-0.2, -0.15) is 0 Å². The molecule has 6 heteroatoms. The molecule has 3 rings (SSSR count). The second kappa shape index (κ2) is 5.76. The van der Waals surface area contributed by atoms with E-state index in [4.69, 9.17) is 9.47 Å². The van der Waals surface area contributed by atoms with Gasteiger partial charge in [-0.05, 0) is 31.3 Å². The van der Waals surface area contributed by atoms with Crippen molar-refractivity contribution in [2.24, 2.45) is 5.92 Å². The van der Waals surface area contributed by atoms with Crippen LogP contribution in [0.4, 0.5) is 0 Å². The van der Waals surface area contributed by atoms with Crippen molar-refractivity contribution in [1.29, 1.82) is 0 Å². The van der Waals surface area contributed by atoms with Gasteiger partial charge in [0.15, 0.2) is 5.60 Å². The van der Waals surface area contributed by atoms with E-state index in [1.54, 1.807) is 6.92 Å². The summed E-state index contributed by atoms with van der Waals surface area (Å²) < 4.78 is 11.0. The molecule has 3 aliphatic heterocycles. The Morgan fingerprint density at radius 1 is 1.43 bits per heavy atom. The Balaban J connectivity index is 1.88. The first-order chi connectivity index (χ1) is 10.8. The van der Waals surface area contributed by atoms with Crippen LogP contribution < -0.4 is 0 Å². The van der Waals surface area contributed by atoms with Crippen LogP contribution in [-0.2, 0) is 19.1 Å². The Kier molecular flexibility index (Phi) is 4.06. The lowest BCUT2D eigenvalue weighted by Crippen LogP contribution is -2.45. The predicted octanol–water partition coefficient (Wildman–Crippen LogP) is 0.803. The summed E-state index contributed by atoms with van der Waals surface area (Å²) in [4.78, 5) is 26.8. The molecule has 1 N–H and O–H groups in total. The number of cyclic esters (lactones) is 1. The third-order valence-electron chi connectivity index (χ3n) is 5.26. The summed E-state index contributed by atoms with van der Waals surface area (Å²) in [6, 6.07) is -0.0404. The van der Waals surface area contributed by atoms with E-state index in [1.165, 1.54) is 6.92 Å². The van der Waals surface area contributed by atoms with Crippen LogP contribution in [0.25, 0.3) is 0 Å². The molecular weight excluding hydrogens is 298 g/mol. The fourth-order valence-electron chi connectivity index (χ4n) is 3.49. The first kappa shape index (κ1) is 16.2. The molecule has 3 heterocycles. The summed E-state index contributed by atoms with van der Waals surface area (Å²) in [5, 5.41) is 10.5. The quantitative estimate of drug-likeness (QED) is 0.404. The van der Waals surface area contributed by atoms with Crippen LogP contribution in [0.2, 0.25) is 0 Å². The lowest BCUT2D eigenvalue weighted by molar-refractivity contribution is -0.169. The van der Waals surface area contributed by atoms with E-state index in [2.05, 4.69) is 11.5 Å². The minimum atomic E-state index is -1.67. The average Bonchev–Trinajstić information content (AvgIpc) is 3.06. The van der Waals surface area contributed by atoms with Gasteiger partial charge in [-0.15, -0.1) is 0 Å². The van der Waals surface area contributed by atoms with E-state index in [-0.39, 0.29) is 30.7 Å². The molecule has 0 aliphatic carbocycles. The zero-order valence-corrected chi connectivity index (χ0v) is 13.6. The van der Waals surface area contributed by atoms with Gasteiger partial charge in [-0.25, -0.2) is 9.59 Å². The van der Waals surface area contributed by atoms with Gasteiger partial charge in [0.1, 0.15) is 12.7 Å². The summed E-state index contributed by atoms with van der Waals surface area (Å²) >= 11 is 0. The summed E-state index contributed by atoms with van der Waals surface area (Å²) in [5.74, 6) is -1.61. The van der Waals surface area contributed by atoms with Crippen LogP contribution >= 0.6 is 0 Å². The first-order valence-electron chi connectivity index (χ1n) is 8.02.